The Balaban J connectivity index is 1.15. The molecule has 7 heteroatoms. The van der Waals surface area contributed by atoms with E-state index in [1.165, 1.54) is 21.9 Å². The lowest BCUT2D eigenvalue weighted by molar-refractivity contribution is 0.204. The number of ether oxygens (including phenoxy) is 1. The molecule has 1 saturated heterocycles. The van der Waals surface area contributed by atoms with E-state index in [1.807, 2.05) is 54.6 Å². The van der Waals surface area contributed by atoms with Gasteiger partial charge in [-0.2, -0.15) is 0 Å². The lowest BCUT2D eigenvalue weighted by atomic mass is 9.90. The van der Waals surface area contributed by atoms with Gasteiger partial charge in [-0.25, -0.2) is 4.79 Å². The molecule has 0 spiro atoms. The minimum absolute atomic E-state index is 0.217. The van der Waals surface area contributed by atoms with Crippen LogP contribution in [0.5, 0.6) is 5.75 Å². The van der Waals surface area contributed by atoms with E-state index in [-0.39, 0.29) is 11.2 Å². The Morgan fingerprint density at radius 3 is 2.64 bits per heavy atom. The van der Waals surface area contributed by atoms with Crippen LogP contribution in [0, 0.1) is 0 Å². The third kappa shape index (κ3) is 4.90. The van der Waals surface area contributed by atoms with Crippen LogP contribution in [0.2, 0.25) is 0 Å². The largest absolute Gasteiger partial charge is 0.497 e. The van der Waals surface area contributed by atoms with E-state index >= 15 is 0 Å². The molecule has 4 heterocycles. The molecular weight excluding hydrogens is 488 g/mol. The SMILES string of the molecule is COc1ccc2[nH]cc(C3CCCN(CCCCn4c(=O)c(-c5ccccc5)c5ccccn5c4=O)C3)c2c1. The van der Waals surface area contributed by atoms with Gasteiger partial charge in [0.1, 0.15) is 5.75 Å². The highest BCUT2D eigenvalue weighted by atomic mass is 16.5. The molecule has 3 aromatic heterocycles. The first-order valence-corrected chi connectivity index (χ1v) is 13.8. The first-order valence-electron chi connectivity index (χ1n) is 13.8. The van der Waals surface area contributed by atoms with Gasteiger partial charge in [0.05, 0.1) is 18.2 Å². The van der Waals surface area contributed by atoms with Crippen molar-refractivity contribution in [2.75, 3.05) is 26.7 Å². The smallest absolute Gasteiger partial charge is 0.335 e. The zero-order valence-electron chi connectivity index (χ0n) is 22.3. The Morgan fingerprint density at radius 2 is 1.79 bits per heavy atom. The Morgan fingerprint density at radius 1 is 0.974 bits per heavy atom. The van der Waals surface area contributed by atoms with Crippen molar-refractivity contribution in [2.45, 2.75) is 38.1 Å². The van der Waals surface area contributed by atoms with Crippen LogP contribution < -0.4 is 16.0 Å². The number of rotatable bonds is 8. The van der Waals surface area contributed by atoms with E-state index < -0.39 is 0 Å². The molecule has 39 heavy (non-hydrogen) atoms. The molecular formula is C32H34N4O3. The van der Waals surface area contributed by atoms with E-state index in [2.05, 4.69) is 28.2 Å². The number of likely N-dealkylation sites (tertiary alicyclic amines) is 1. The van der Waals surface area contributed by atoms with Crippen LogP contribution in [0.4, 0.5) is 0 Å². The number of hydrogen-bond acceptors (Lipinski definition) is 4. The van der Waals surface area contributed by atoms with Crippen LogP contribution in [-0.2, 0) is 6.54 Å². The Bertz CT molecular complexity index is 1720. The third-order valence-corrected chi connectivity index (χ3v) is 8.05. The van der Waals surface area contributed by atoms with Crippen LogP contribution >= 0.6 is 0 Å². The Hall–Kier alpha value is -4.10. The number of benzene rings is 2. The highest BCUT2D eigenvalue weighted by Gasteiger charge is 2.23. The number of H-pyrrole nitrogens is 1. The van der Waals surface area contributed by atoms with Crippen LogP contribution in [0.15, 0.2) is 88.7 Å². The summed E-state index contributed by atoms with van der Waals surface area (Å²) in [6, 6.07) is 21.4. The van der Waals surface area contributed by atoms with Gasteiger partial charge in [-0.05, 0) is 86.1 Å². The summed E-state index contributed by atoms with van der Waals surface area (Å²) < 4.78 is 8.46. The first kappa shape index (κ1) is 25.2. The maximum Gasteiger partial charge on any atom is 0.335 e. The van der Waals surface area contributed by atoms with E-state index in [4.69, 9.17) is 4.74 Å². The average Bonchev–Trinajstić information content (AvgIpc) is 3.41. The van der Waals surface area contributed by atoms with Crippen molar-refractivity contribution in [1.29, 1.82) is 0 Å². The van der Waals surface area contributed by atoms with Crippen molar-refractivity contribution < 1.29 is 4.74 Å². The van der Waals surface area contributed by atoms with Crippen LogP contribution in [0.3, 0.4) is 0 Å². The molecule has 200 valence electrons. The highest BCUT2D eigenvalue weighted by Crippen LogP contribution is 2.34. The second-order valence-electron chi connectivity index (χ2n) is 10.4. The maximum absolute atomic E-state index is 13.6. The van der Waals surface area contributed by atoms with Crippen LogP contribution in [0.25, 0.3) is 27.5 Å². The molecule has 0 radical (unpaired) electrons. The van der Waals surface area contributed by atoms with Crippen LogP contribution in [0.1, 0.15) is 37.2 Å². The molecule has 1 fully saturated rings. The van der Waals surface area contributed by atoms with Crippen molar-refractivity contribution in [1.82, 2.24) is 18.9 Å². The lowest BCUT2D eigenvalue weighted by Crippen LogP contribution is -2.39. The van der Waals surface area contributed by atoms with Gasteiger partial charge < -0.3 is 14.6 Å². The number of fused-ring (bicyclic) bond motifs is 2. The summed E-state index contributed by atoms with van der Waals surface area (Å²) in [6.45, 7) is 3.46. The molecule has 1 unspecified atom stereocenters. The average molecular weight is 523 g/mol. The van der Waals surface area contributed by atoms with Gasteiger partial charge >= 0.3 is 5.69 Å². The zero-order chi connectivity index (χ0) is 26.8. The minimum atomic E-state index is -0.275. The van der Waals surface area contributed by atoms with Crippen molar-refractivity contribution in [2.24, 2.45) is 0 Å². The van der Waals surface area contributed by atoms with Crippen molar-refractivity contribution in [3.63, 3.8) is 0 Å². The van der Waals surface area contributed by atoms with Crippen LogP contribution in [-0.4, -0.2) is 45.6 Å². The molecule has 6 rings (SSSR count). The van der Waals surface area contributed by atoms with E-state index in [0.717, 1.165) is 55.7 Å². The summed E-state index contributed by atoms with van der Waals surface area (Å²) in [5.41, 5.74) is 4.06. The lowest BCUT2D eigenvalue weighted by Gasteiger charge is -2.32. The minimum Gasteiger partial charge on any atom is -0.497 e. The molecule has 1 aliphatic rings. The van der Waals surface area contributed by atoms with Crippen molar-refractivity contribution >= 4 is 16.4 Å². The summed E-state index contributed by atoms with van der Waals surface area (Å²) in [7, 11) is 1.71. The summed E-state index contributed by atoms with van der Waals surface area (Å²) in [5, 5.41) is 1.24. The molecule has 7 nitrogen and oxygen atoms in total. The fraction of sp³-hybridized carbons (Fsp3) is 0.312. The number of methoxy groups -OCH3 is 1. The molecule has 1 aliphatic heterocycles. The fourth-order valence-corrected chi connectivity index (χ4v) is 6.05. The van der Waals surface area contributed by atoms with Gasteiger partial charge in [0.25, 0.3) is 5.56 Å². The Labute approximate surface area is 227 Å². The molecule has 5 aromatic rings. The predicted octanol–water partition coefficient (Wildman–Crippen LogP) is 5.28. The normalized spacial score (nSPS) is 16.2. The molecule has 0 bridgehead atoms. The number of nitrogens with zero attached hydrogens (tertiary/aromatic N) is 3. The summed E-state index contributed by atoms with van der Waals surface area (Å²) >= 11 is 0. The number of piperidine rings is 1. The van der Waals surface area contributed by atoms with E-state index in [9.17, 15) is 9.59 Å². The summed E-state index contributed by atoms with van der Waals surface area (Å²) in [6.07, 6.45) is 7.93. The van der Waals surface area contributed by atoms with Gasteiger partial charge in [0.15, 0.2) is 0 Å². The zero-order valence-corrected chi connectivity index (χ0v) is 22.3. The van der Waals surface area contributed by atoms with E-state index in [0.29, 0.717) is 23.5 Å². The van der Waals surface area contributed by atoms with Gasteiger partial charge in [-0.3, -0.25) is 13.8 Å². The number of unbranched alkanes of at least 4 members (excludes halogenated alkanes) is 1. The molecule has 0 amide bonds. The fourth-order valence-electron chi connectivity index (χ4n) is 6.05. The number of pyridine rings is 1. The third-order valence-electron chi connectivity index (χ3n) is 8.05. The number of nitrogens with one attached hydrogen (secondary N) is 1. The maximum atomic E-state index is 13.6. The quantitative estimate of drug-likeness (QED) is 0.282. The van der Waals surface area contributed by atoms with Gasteiger partial charge in [-0.1, -0.05) is 36.4 Å². The van der Waals surface area contributed by atoms with Crippen molar-refractivity contribution in [3.05, 3.63) is 106 Å². The molecule has 0 saturated carbocycles. The topological polar surface area (TPSA) is 71.7 Å². The molecule has 2 aromatic carbocycles. The summed E-state index contributed by atoms with van der Waals surface area (Å²) in [4.78, 5) is 32.8. The Kier molecular flexibility index (Phi) is 7.07. The van der Waals surface area contributed by atoms with E-state index in [1.54, 1.807) is 17.7 Å². The summed E-state index contributed by atoms with van der Waals surface area (Å²) in [5.74, 6) is 1.35. The van der Waals surface area contributed by atoms with Crippen molar-refractivity contribution in [3.8, 4) is 16.9 Å². The predicted molar refractivity (Wildman–Crippen MR) is 156 cm³/mol. The molecule has 1 atom stereocenters. The van der Waals surface area contributed by atoms with Gasteiger partial charge in [-0.15, -0.1) is 0 Å². The molecule has 0 aliphatic carbocycles. The molecule has 1 N–H and O–H groups in total. The van der Waals surface area contributed by atoms with Gasteiger partial charge in [0.2, 0.25) is 0 Å². The number of aromatic nitrogens is 3. The first-order chi connectivity index (χ1) is 19.1. The second-order valence-corrected chi connectivity index (χ2v) is 10.4. The number of aromatic amines is 1. The second kappa shape index (κ2) is 10.9. The number of hydrogen-bond donors (Lipinski definition) is 1. The monoisotopic (exact) mass is 522 g/mol. The standard InChI is InChI=1S/C32H34N4O3/c1-39-25-14-15-28-26(20-25)27(21-33-28)24-12-9-17-34(22-24)16-7-8-19-36-31(37)30(23-10-3-2-4-11-23)29-13-5-6-18-35(29)32(36)38/h2-6,10-11,13-15,18,20-21,24,33H,7-9,12,16-17,19,22H2,1H3. The van der Waals surface area contributed by atoms with Gasteiger partial charge in [0, 0.05) is 36.4 Å². The highest BCUT2D eigenvalue weighted by molar-refractivity contribution is 5.85.